The predicted molar refractivity (Wildman–Crippen MR) is 108 cm³/mol. The van der Waals surface area contributed by atoms with Crippen LogP contribution in [-0.4, -0.2) is 19.2 Å². The van der Waals surface area contributed by atoms with Crippen LogP contribution in [0.2, 0.25) is 0 Å². The number of esters is 1. The Morgan fingerprint density at radius 1 is 0.844 bits per heavy atom. The van der Waals surface area contributed by atoms with Crippen molar-refractivity contribution in [2.24, 2.45) is 0 Å². The van der Waals surface area contributed by atoms with Crippen LogP contribution >= 0.6 is 0 Å². The molecule has 3 aromatic rings. The Labute approximate surface area is 181 Å². The molecule has 0 aliphatic rings. The summed E-state index contributed by atoms with van der Waals surface area (Å²) in [5, 5.41) is 0. The van der Waals surface area contributed by atoms with Gasteiger partial charge < -0.3 is 9.47 Å². The van der Waals surface area contributed by atoms with E-state index in [1.165, 1.54) is 24.3 Å². The third kappa shape index (κ3) is 5.25. The molecule has 0 fully saturated rings. The monoisotopic (exact) mass is 450 g/mol. The van der Waals surface area contributed by atoms with Gasteiger partial charge in [0.05, 0.1) is 6.61 Å². The molecule has 0 aromatic heterocycles. The van der Waals surface area contributed by atoms with Gasteiger partial charge in [0.25, 0.3) is 0 Å². The molecular formula is C24H19F5O3. The van der Waals surface area contributed by atoms with Crippen molar-refractivity contribution >= 4 is 5.97 Å². The number of halogens is 5. The average molecular weight is 450 g/mol. The van der Waals surface area contributed by atoms with Crippen molar-refractivity contribution < 1.29 is 36.2 Å². The minimum atomic E-state index is -1.07. The number of hydrogen-bond acceptors (Lipinski definition) is 3. The molecule has 0 heterocycles. The van der Waals surface area contributed by atoms with Crippen molar-refractivity contribution in [1.82, 2.24) is 0 Å². The zero-order valence-corrected chi connectivity index (χ0v) is 17.1. The van der Waals surface area contributed by atoms with Crippen molar-refractivity contribution in [3.63, 3.8) is 0 Å². The Morgan fingerprint density at radius 2 is 1.50 bits per heavy atom. The maximum absolute atomic E-state index is 15.0. The largest absolute Gasteiger partial charge is 0.479 e. The standard InChI is InChI=1S/C24H19F5O3/c1-2-31-22(30)13-32-21-11-10-20(27)18(24(21)29)7-6-17-19(26)9-8-16(23(17)28)14-4-3-5-15(25)12-14/h3-5,8-12H,2,6-7,13H2,1H3. The fraction of sp³-hybridized carbons (Fsp3) is 0.208. The molecule has 0 radical (unpaired) electrons. The molecule has 3 aromatic carbocycles. The lowest BCUT2D eigenvalue weighted by Crippen LogP contribution is -2.15. The van der Waals surface area contributed by atoms with Crippen LogP contribution in [0.3, 0.4) is 0 Å². The van der Waals surface area contributed by atoms with Crippen LogP contribution < -0.4 is 4.74 Å². The van der Waals surface area contributed by atoms with Gasteiger partial charge in [0.15, 0.2) is 18.2 Å². The summed E-state index contributed by atoms with van der Waals surface area (Å²) in [5.74, 6) is -5.52. The zero-order valence-electron chi connectivity index (χ0n) is 17.1. The van der Waals surface area contributed by atoms with Gasteiger partial charge in [-0.3, -0.25) is 0 Å². The number of carbonyl (C=O) groups is 1. The summed E-state index contributed by atoms with van der Waals surface area (Å²) in [6.45, 7) is 1.13. The van der Waals surface area contributed by atoms with Gasteiger partial charge in [-0.25, -0.2) is 26.7 Å². The fourth-order valence-electron chi connectivity index (χ4n) is 3.21. The first kappa shape index (κ1) is 23.2. The normalized spacial score (nSPS) is 10.8. The highest BCUT2D eigenvalue weighted by atomic mass is 19.1. The number of hydrogen-bond donors (Lipinski definition) is 0. The summed E-state index contributed by atoms with van der Waals surface area (Å²) in [6.07, 6.45) is -0.745. The van der Waals surface area contributed by atoms with Crippen LogP contribution in [0, 0.1) is 29.1 Å². The van der Waals surface area contributed by atoms with E-state index in [0.717, 1.165) is 24.3 Å². The summed E-state index contributed by atoms with van der Waals surface area (Å²) in [4.78, 5) is 11.4. The molecule has 0 aliphatic heterocycles. The smallest absolute Gasteiger partial charge is 0.344 e. The van der Waals surface area contributed by atoms with E-state index in [1.807, 2.05) is 0 Å². The van der Waals surface area contributed by atoms with Gasteiger partial charge in [-0.1, -0.05) is 12.1 Å². The fourth-order valence-corrected chi connectivity index (χ4v) is 3.21. The molecule has 8 heteroatoms. The van der Waals surface area contributed by atoms with E-state index in [0.29, 0.717) is 0 Å². The quantitative estimate of drug-likeness (QED) is 0.323. The van der Waals surface area contributed by atoms with E-state index < -0.39 is 47.2 Å². The van der Waals surface area contributed by atoms with Crippen molar-refractivity contribution in [3.05, 3.63) is 88.7 Å². The molecule has 3 rings (SSSR count). The molecule has 0 aliphatic carbocycles. The average Bonchev–Trinajstić information content (AvgIpc) is 2.75. The van der Waals surface area contributed by atoms with Gasteiger partial charge in [0.1, 0.15) is 23.3 Å². The van der Waals surface area contributed by atoms with E-state index in [1.54, 1.807) is 6.92 Å². The topological polar surface area (TPSA) is 35.5 Å². The summed E-state index contributed by atoms with van der Waals surface area (Å²) >= 11 is 0. The molecule has 168 valence electrons. The van der Waals surface area contributed by atoms with Crippen molar-refractivity contribution in [1.29, 1.82) is 0 Å². The Kier molecular flexibility index (Phi) is 7.45. The molecule has 0 unspecified atom stereocenters. The van der Waals surface area contributed by atoms with Crippen molar-refractivity contribution in [3.8, 4) is 16.9 Å². The second kappa shape index (κ2) is 10.3. The number of benzene rings is 3. The van der Waals surface area contributed by atoms with E-state index >= 15 is 0 Å². The third-order valence-corrected chi connectivity index (χ3v) is 4.75. The molecule has 0 N–H and O–H groups in total. The Balaban J connectivity index is 1.84. The van der Waals surface area contributed by atoms with Crippen LogP contribution in [0.1, 0.15) is 18.1 Å². The van der Waals surface area contributed by atoms with Crippen LogP contribution in [0.25, 0.3) is 11.1 Å². The SMILES string of the molecule is CCOC(=O)COc1ccc(F)c(CCc2c(F)ccc(-c3cccc(F)c3)c2F)c1F. The van der Waals surface area contributed by atoms with E-state index in [-0.39, 0.29) is 41.9 Å². The highest BCUT2D eigenvalue weighted by molar-refractivity contribution is 5.71. The van der Waals surface area contributed by atoms with E-state index in [4.69, 9.17) is 4.74 Å². The maximum atomic E-state index is 15.0. The van der Waals surface area contributed by atoms with Gasteiger partial charge in [-0.15, -0.1) is 0 Å². The Morgan fingerprint density at radius 3 is 2.16 bits per heavy atom. The minimum absolute atomic E-state index is 0.0339. The Bertz CT molecular complexity index is 1130. The third-order valence-electron chi connectivity index (χ3n) is 4.75. The highest BCUT2D eigenvalue weighted by Gasteiger charge is 2.20. The molecule has 32 heavy (non-hydrogen) atoms. The zero-order chi connectivity index (χ0) is 23.3. The van der Waals surface area contributed by atoms with E-state index in [9.17, 15) is 26.7 Å². The summed E-state index contributed by atoms with van der Waals surface area (Å²) < 4.78 is 81.5. The first-order chi connectivity index (χ1) is 15.3. The lowest BCUT2D eigenvalue weighted by molar-refractivity contribution is -0.145. The van der Waals surface area contributed by atoms with E-state index in [2.05, 4.69) is 4.74 Å². The summed E-state index contributed by atoms with van der Waals surface area (Å²) in [6, 6.07) is 9.29. The summed E-state index contributed by atoms with van der Waals surface area (Å²) in [5.41, 5.74) is -0.659. The summed E-state index contributed by atoms with van der Waals surface area (Å²) in [7, 11) is 0. The lowest BCUT2D eigenvalue weighted by atomic mass is 9.97. The lowest BCUT2D eigenvalue weighted by Gasteiger charge is -2.13. The predicted octanol–water partition coefficient (Wildman–Crippen LogP) is 5.78. The molecule has 3 nitrogen and oxygen atoms in total. The minimum Gasteiger partial charge on any atom is -0.479 e. The van der Waals surface area contributed by atoms with Crippen molar-refractivity contribution in [2.45, 2.75) is 19.8 Å². The number of rotatable bonds is 8. The van der Waals surface area contributed by atoms with Gasteiger partial charge >= 0.3 is 5.97 Å². The van der Waals surface area contributed by atoms with Crippen molar-refractivity contribution in [2.75, 3.05) is 13.2 Å². The molecular weight excluding hydrogens is 431 g/mol. The second-order valence-corrected chi connectivity index (χ2v) is 6.83. The van der Waals surface area contributed by atoms with Crippen LogP contribution in [0.4, 0.5) is 22.0 Å². The highest BCUT2D eigenvalue weighted by Crippen LogP contribution is 2.30. The van der Waals surface area contributed by atoms with Crippen LogP contribution in [0.15, 0.2) is 48.5 Å². The number of ether oxygens (including phenoxy) is 2. The molecule has 0 bridgehead atoms. The molecule has 0 amide bonds. The Hall–Kier alpha value is -3.42. The second-order valence-electron chi connectivity index (χ2n) is 6.83. The van der Waals surface area contributed by atoms with Gasteiger partial charge in [0.2, 0.25) is 0 Å². The van der Waals surface area contributed by atoms with Gasteiger partial charge in [-0.05, 0) is 61.7 Å². The first-order valence-electron chi connectivity index (χ1n) is 9.80. The number of carbonyl (C=O) groups excluding carboxylic acids is 1. The first-order valence-corrected chi connectivity index (χ1v) is 9.80. The van der Waals surface area contributed by atoms with Gasteiger partial charge in [-0.2, -0.15) is 0 Å². The van der Waals surface area contributed by atoms with Crippen LogP contribution in [0.5, 0.6) is 5.75 Å². The van der Waals surface area contributed by atoms with Crippen LogP contribution in [-0.2, 0) is 22.4 Å². The molecule has 0 spiro atoms. The molecule has 0 saturated heterocycles. The molecule has 0 saturated carbocycles. The maximum Gasteiger partial charge on any atom is 0.344 e. The van der Waals surface area contributed by atoms with Gasteiger partial charge in [0, 0.05) is 16.7 Å². The molecule has 0 atom stereocenters.